The molecule has 0 bridgehead atoms. The molecule has 0 aliphatic carbocycles. The summed E-state index contributed by atoms with van der Waals surface area (Å²) in [4.78, 5) is 24.3. The van der Waals surface area contributed by atoms with Crippen LogP contribution in [0.2, 0.25) is 0 Å². The predicted octanol–water partition coefficient (Wildman–Crippen LogP) is 0.825. The lowest BCUT2D eigenvalue weighted by Crippen LogP contribution is -2.60. The van der Waals surface area contributed by atoms with E-state index in [4.69, 9.17) is 15.9 Å². The molecule has 0 aromatic heterocycles. The molecular weight excluding hydrogens is 222 g/mol. The van der Waals surface area contributed by atoms with Gasteiger partial charge in [0, 0.05) is 6.54 Å². The van der Waals surface area contributed by atoms with E-state index >= 15 is 0 Å². The van der Waals surface area contributed by atoms with Crippen LogP contribution in [0.5, 0.6) is 0 Å². The van der Waals surface area contributed by atoms with Crippen LogP contribution in [0.25, 0.3) is 0 Å². The fourth-order valence-corrected chi connectivity index (χ4v) is 1.48. The molecule has 1 saturated heterocycles. The lowest BCUT2D eigenvalue weighted by atomic mass is 10.0. The van der Waals surface area contributed by atoms with E-state index in [1.807, 2.05) is 0 Å². The molecule has 1 unspecified atom stereocenters. The van der Waals surface area contributed by atoms with Crippen molar-refractivity contribution >= 4 is 12.4 Å². The first-order chi connectivity index (χ1) is 7.84. The number of hydrogen-bond acceptors (Lipinski definition) is 4. The van der Waals surface area contributed by atoms with Crippen LogP contribution in [0.1, 0.15) is 20.8 Å². The molecule has 17 heavy (non-hydrogen) atoms. The van der Waals surface area contributed by atoms with E-state index in [9.17, 15) is 9.59 Å². The standard InChI is InChI=1S/C12H17NO4/c1-5-12(8-14)9-16-7-6-13(12)10(15)17-11(2,3)4/h1,8H,6-7,9H2,2-4H3. The van der Waals surface area contributed by atoms with E-state index in [2.05, 4.69) is 5.92 Å². The molecule has 1 atom stereocenters. The number of carbonyl (C=O) groups excluding carboxylic acids is 2. The maximum absolute atomic E-state index is 11.9. The molecule has 0 aromatic rings. The Labute approximate surface area is 101 Å². The summed E-state index contributed by atoms with van der Waals surface area (Å²) in [6, 6.07) is 0. The zero-order valence-corrected chi connectivity index (χ0v) is 10.4. The Morgan fingerprint density at radius 1 is 1.59 bits per heavy atom. The van der Waals surface area contributed by atoms with Crippen molar-refractivity contribution in [3.8, 4) is 12.3 Å². The van der Waals surface area contributed by atoms with Gasteiger partial charge in [-0.25, -0.2) is 4.79 Å². The smallest absolute Gasteiger partial charge is 0.412 e. The first-order valence-corrected chi connectivity index (χ1v) is 5.37. The average Bonchev–Trinajstić information content (AvgIpc) is 2.26. The van der Waals surface area contributed by atoms with E-state index in [1.165, 1.54) is 4.90 Å². The van der Waals surface area contributed by atoms with Crippen LogP contribution in [0.4, 0.5) is 4.79 Å². The maximum Gasteiger partial charge on any atom is 0.412 e. The summed E-state index contributed by atoms with van der Waals surface area (Å²) in [5.41, 5.74) is -1.97. The van der Waals surface area contributed by atoms with Gasteiger partial charge in [-0.15, -0.1) is 6.42 Å². The third-order valence-corrected chi connectivity index (χ3v) is 2.32. The van der Waals surface area contributed by atoms with Gasteiger partial charge in [-0.1, -0.05) is 5.92 Å². The van der Waals surface area contributed by atoms with Crippen LogP contribution in [0, 0.1) is 12.3 Å². The number of carbonyl (C=O) groups is 2. The summed E-state index contributed by atoms with van der Waals surface area (Å²) in [7, 11) is 0. The van der Waals surface area contributed by atoms with Crippen molar-refractivity contribution in [3.63, 3.8) is 0 Å². The molecule has 0 saturated carbocycles. The van der Waals surface area contributed by atoms with Crippen molar-refractivity contribution < 1.29 is 19.1 Å². The summed E-state index contributed by atoms with van der Waals surface area (Å²) < 4.78 is 10.4. The Balaban J connectivity index is 2.90. The third-order valence-electron chi connectivity index (χ3n) is 2.32. The number of terminal acetylenes is 1. The Hall–Kier alpha value is -1.54. The fraction of sp³-hybridized carbons (Fsp3) is 0.667. The van der Waals surface area contributed by atoms with Gasteiger partial charge in [0.2, 0.25) is 0 Å². The molecule has 5 heteroatoms. The Morgan fingerprint density at radius 2 is 2.24 bits per heavy atom. The van der Waals surface area contributed by atoms with Crippen LogP contribution in [-0.4, -0.2) is 48.2 Å². The molecule has 1 amide bonds. The molecule has 1 rings (SSSR count). The summed E-state index contributed by atoms with van der Waals surface area (Å²) in [6.07, 6.45) is 5.29. The van der Waals surface area contributed by atoms with Crippen molar-refractivity contribution in [2.75, 3.05) is 19.8 Å². The number of rotatable bonds is 1. The van der Waals surface area contributed by atoms with Gasteiger partial charge in [0.1, 0.15) is 5.60 Å². The highest BCUT2D eigenvalue weighted by atomic mass is 16.6. The SMILES string of the molecule is C#CC1(C=O)COCCN1C(=O)OC(C)(C)C. The van der Waals surface area contributed by atoms with Gasteiger partial charge in [-0.05, 0) is 20.8 Å². The normalized spacial score (nSPS) is 24.9. The van der Waals surface area contributed by atoms with Gasteiger partial charge in [0.25, 0.3) is 0 Å². The van der Waals surface area contributed by atoms with Crippen molar-refractivity contribution in [1.29, 1.82) is 0 Å². The molecule has 0 spiro atoms. The average molecular weight is 239 g/mol. The molecule has 94 valence electrons. The van der Waals surface area contributed by atoms with Gasteiger partial charge >= 0.3 is 6.09 Å². The number of morpholine rings is 1. The van der Waals surface area contributed by atoms with E-state index in [1.54, 1.807) is 20.8 Å². The van der Waals surface area contributed by atoms with Crippen LogP contribution >= 0.6 is 0 Å². The van der Waals surface area contributed by atoms with Gasteiger partial charge in [-0.3, -0.25) is 9.69 Å². The minimum atomic E-state index is -1.35. The van der Waals surface area contributed by atoms with E-state index in [0.29, 0.717) is 12.9 Å². The van der Waals surface area contributed by atoms with Crippen molar-refractivity contribution in [3.05, 3.63) is 0 Å². The molecule has 1 aliphatic rings. The Morgan fingerprint density at radius 3 is 2.71 bits per heavy atom. The molecule has 1 fully saturated rings. The largest absolute Gasteiger partial charge is 0.444 e. The monoisotopic (exact) mass is 239 g/mol. The molecule has 1 heterocycles. The zero-order chi connectivity index (χ0) is 13.1. The summed E-state index contributed by atoms with van der Waals surface area (Å²) in [5, 5.41) is 0. The summed E-state index contributed by atoms with van der Waals surface area (Å²) >= 11 is 0. The predicted molar refractivity (Wildman–Crippen MR) is 61.4 cm³/mol. The minimum Gasteiger partial charge on any atom is -0.444 e. The molecule has 0 N–H and O–H groups in total. The molecule has 0 radical (unpaired) electrons. The highest BCUT2D eigenvalue weighted by Crippen LogP contribution is 2.21. The van der Waals surface area contributed by atoms with E-state index in [-0.39, 0.29) is 13.2 Å². The molecule has 0 aromatic carbocycles. The second-order valence-electron chi connectivity index (χ2n) is 4.87. The topological polar surface area (TPSA) is 55.8 Å². The Kier molecular flexibility index (Phi) is 3.79. The highest BCUT2D eigenvalue weighted by Gasteiger charge is 2.43. The third kappa shape index (κ3) is 2.98. The minimum absolute atomic E-state index is 0.00619. The first kappa shape index (κ1) is 13.5. The second-order valence-corrected chi connectivity index (χ2v) is 4.87. The van der Waals surface area contributed by atoms with E-state index < -0.39 is 17.2 Å². The van der Waals surface area contributed by atoms with Crippen molar-refractivity contribution in [2.45, 2.75) is 31.9 Å². The van der Waals surface area contributed by atoms with Crippen LogP contribution in [0.15, 0.2) is 0 Å². The first-order valence-electron chi connectivity index (χ1n) is 5.37. The maximum atomic E-state index is 11.9. The summed E-state index contributed by atoms with van der Waals surface area (Å²) in [5.74, 6) is 2.32. The number of ether oxygens (including phenoxy) is 2. The quantitative estimate of drug-likeness (QED) is 0.502. The van der Waals surface area contributed by atoms with Gasteiger partial charge < -0.3 is 9.47 Å². The van der Waals surface area contributed by atoms with E-state index in [0.717, 1.165) is 0 Å². The van der Waals surface area contributed by atoms with Gasteiger partial charge in [-0.2, -0.15) is 0 Å². The summed E-state index contributed by atoms with van der Waals surface area (Å²) in [6.45, 7) is 5.86. The second kappa shape index (κ2) is 4.76. The van der Waals surface area contributed by atoms with Crippen molar-refractivity contribution in [2.24, 2.45) is 0 Å². The fourth-order valence-electron chi connectivity index (χ4n) is 1.48. The number of nitrogens with zero attached hydrogens (tertiary/aromatic N) is 1. The zero-order valence-electron chi connectivity index (χ0n) is 10.4. The lowest BCUT2D eigenvalue weighted by Gasteiger charge is -2.39. The highest BCUT2D eigenvalue weighted by molar-refractivity contribution is 5.80. The molecular formula is C12H17NO4. The van der Waals surface area contributed by atoms with Gasteiger partial charge in [0.05, 0.1) is 13.2 Å². The Bertz CT molecular complexity index is 352. The number of aldehydes is 1. The van der Waals surface area contributed by atoms with Crippen LogP contribution in [0.3, 0.4) is 0 Å². The van der Waals surface area contributed by atoms with Crippen LogP contribution in [-0.2, 0) is 14.3 Å². The molecule has 1 aliphatic heterocycles. The number of amides is 1. The lowest BCUT2D eigenvalue weighted by molar-refractivity contribution is -0.124. The van der Waals surface area contributed by atoms with Crippen molar-refractivity contribution in [1.82, 2.24) is 4.90 Å². The number of hydrogen-bond donors (Lipinski definition) is 0. The molecule has 5 nitrogen and oxygen atoms in total. The van der Waals surface area contributed by atoms with Crippen LogP contribution < -0.4 is 0 Å². The van der Waals surface area contributed by atoms with Gasteiger partial charge in [0.15, 0.2) is 11.8 Å².